The molecule has 1 aliphatic carbocycles. The van der Waals surface area contributed by atoms with Gasteiger partial charge in [0.15, 0.2) is 0 Å². The molecule has 0 radical (unpaired) electrons. The summed E-state index contributed by atoms with van der Waals surface area (Å²) < 4.78 is 25.5. The summed E-state index contributed by atoms with van der Waals surface area (Å²) in [7, 11) is -3.28. The van der Waals surface area contributed by atoms with Crippen LogP contribution >= 0.6 is 0 Å². The van der Waals surface area contributed by atoms with Crippen molar-refractivity contribution in [2.24, 2.45) is 0 Å². The molecule has 1 N–H and O–H groups in total. The monoisotopic (exact) mass is 230 g/mol. The second kappa shape index (κ2) is 4.95. The van der Waals surface area contributed by atoms with Crippen LogP contribution in [0.2, 0.25) is 0 Å². The molecule has 0 saturated heterocycles. The molecule has 5 heteroatoms. The van der Waals surface area contributed by atoms with Gasteiger partial charge in [0.1, 0.15) is 5.54 Å². The Labute approximate surface area is 91.7 Å². The average molecular weight is 230 g/mol. The van der Waals surface area contributed by atoms with Crippen molar-refractivity contribution in [1.82, 2.24) is 4.72 Å². The van der Waals surface area contributed by atoms with Crippen molar-refractivity contribution in [3.05, 3.63) is 0 Å². The first kappa shape index (κ1) is 12.5. The van der Waals surface area contributed by atoms with Crippen LogP contribution < -0.4 is 4.72 Å². The summed E-state index contributed by atoms with van der Waals surface area (Å²) >= 11 is 0. The number of nitrogens with one attached hydrogen (secondary N) is 1. The van der Waals surface area contributed by atoms with Gasteiger partial charge in [-0.15, -0.1) is 0 Å². The third kappa shape index (κ3) is 3.47. The fourth-order valence-corrected chi connectivity index (χ4v) is 2.93. The van der Waals surface area contributed by atoms with Gasteiger partial charge in [0, 0.05) is 0 Å². The molecule has 1 saturated carbocycles. The van der Waals surface area contributed by atoms with Crippen LogP contribution in [0.1, 0.15) is 45.4 Å². The lowest BCUT2D eigenvalue weighted by molar-refractivity contribution is 0.422. The zero-order valence-corrected chi connectivity index (χ0v) is 9.94. The topological polar surface area (TPSA) is 70.0 Å². The lowest BCUT2D eigenvalue weighted by Gasteiger charge is -2.25. The van der Waals surface area contributed by atoms with Crippen molar-refractivity contribution in [3.63, 3.8) is 0 Å². The highest BCUT2D eigenvalue weighted by Crippen LogP contribution is 2.27. The molecule has 1 aliphatic rings. The Kier molecular flexibility index (Phi) is 4.12. The Morgan fingerprint density at radius 2 is 1.80 bits per heavy atom. The summed E-state index contributed by atoms with van der Waals surface area (Å²) in [6.07, 6.45) is 5.33. The molecule has 0 amide bonds. The van der Waals surface area contributed by atoms with Crippen LogP contribution in [0.25, 0.3) is 0 Å². The molecular formula is C10H18N2O2S. The lowest BCUT2D eigenvalue weighted by atomic mass is 9.94. The maximum Gasteiger partial charge on any atom is 0.212 e. The first-order valence-corrected chi connectivity index (χ1v) is 7.12. The molecule has 0 aromatic heterocycles. The molecule has 0 aromatic rings. The standard InChI is InChI=1S/C10H18N2O2S/c1-2-15(13,14)12-10(9-11)7-5-3-4-6-8-10/h12H,2-8H2,1H3. The van der Waals surface area contributed by atoms with E-state index < -0.39 is 15.6 Å². The third-order valence-corrected chi connectivity index (χ3v) is 4.36. The molecule has 0 heterocycles. The van der Waals surface area contributed by atoms with E-state index in [0.717, 1.165) is 25.7 Å². The van der Waals surface area contributed by atoms with Gasteiger partial charge in [0.05, 0.1) is 11.8 Å². The van der Waals surface area contributed by atoms with Crippen molar-refractivity contribution in [3.8, 4) is 6.07 Å². The van der Waals surface area contributed by atoms with Crippen molar-refractivity contribution in [2.45, 2.75) is 51.0 Å². The lowest BCUT2D eigenvalue weighted by Crippen LogP contribution is -2.47. The van der Waals surface area contributed by atoms with Gasteiger partial charge in [-0.3, -0.25) is 0 Å². The van der Waals surface area contributed by atoms with E-state index in [2.05, 4.69) is 10.8 Å². The van der Waals surface area contributed by atoms with Gasteiger partial charge in [0.25, 0.3) is 0 Å². The minimum Gasteiger partial charge on any atom is -0.212 e. The van der Waals surface area contributed by atoms with E-state index >= 15 is 0 Å². The van der Waals surface area contributed by atoms with Crippen molar-refractivity contribution < 1.29 is 8.42 Å². The van der Waals surface area contributed by atoms with E-state index in [1.807, 2.05) is 0 Å². The van der Waals surface area contributed by atoms with E-state index in [1.165, 1.54) is 0 Å². The fraction of sp³-hybridized carbons (Fsp3) is 0.900. The van der Waals surface area contributed by atoms with Gasteiger partial charge in [-0.2, -0.15) is 9.98 Å². The van der Waals surface area contributed by atoms with E-state index in [9.17, 15) is 8.42 Å². The highest BCUT2D eigenvalue weighted by Gasteiger charge is 2.34. The summed E-state index contributed by atoms with van der Waals surface area (Å²) in [4.78, 5) is 0. The van der Waals surface area contributed by atoms with E-state index in [-0.39, 0.29) is 5.75 Å². The Hall–Kier alpha value is -0.600. The molecule has 0 aliphatic heterocycles. The number of hydrogen-bond donors (Lipinski definition) is 1. The minimum absolute atomic E-state index is 0.0381. The van der Waals surface area contributed by atoms with Crippen LogP contribution in [0.4, 0.5) is 0 Å². The number of nitriles is 1. The van der Waals surface area contributed by atoms with Crippen LogP contribution in [0.3, 0.4) is 0 Å². The molecule has 4 nitrogen and oxygen atoms in total. The summed E-state index contributed by atoms with van der Waals surface area (Å²) in [5, 5.41) is 9.15. The normalized spacial score (nSPS) is 21.6. The van der Waals surface area contributed by atoms with Crippen LogP contribution in [-0.4, -0.2) is 19.7 Å². The van der Waals surface area contributed by atoms with Crippen LogP contribution in [0.15, 0.2) is 0 Å². The molecule has 86 valence electrons. The quantitative estimate of drug-likeness (QED) is 0.748. The fourth-order valence-electron chi connectivity index (χ4n) is 1.94. The zero-order valence-electron chi connectivity index (χ0n) is 9.12. The van der Waals surface area contributed by atoms with E-state index in [0.29, 0.717) is 12.8 Å². The van der Waals surface area contributed by atoms with Crippen LogP contribution in [-0.2, 0) is 10.0 Å². The first-order chi connectivity index (χ1) is 7.04. The molecule has 1 rings (SSSR count). The average Bonchev–Trinajstić information content (AvgIpc) is 2.44. The molecular weight excluding hydrogens is 212 g/mol. The summed E-state index contributed by atoms with van der Waals surface area (Å²) in [5.74, 6) is 0.0381. The van der Waals surface area contributed by atoms with Gasteiger partial charge in [-0.05, 0) is 19.8 Å². The van der Waals surface area contributed by atoms with Crippen LogP contribution in [0, 0.1) is 11.3 Å². The van der Waals surface area contributed by atoms with Crippen molar-refractivity contribution >= 4 is 10.0 Å². The number of rotatable bonds is 3. The van der Waals surface area contributed by atoms with Gasteiger partial charge in [-0.1, -0.05) is 25.7 Å². The number of nitrogens with zero attached hydrogens (tertiary/aromatic N) is 1. The third-order valence-electron chi connectivity index (χ3n) is 2.90. The molecule has 0 unspecified atom stereocenters. The predicted molar refractivity (Wildman–Crippen MR) is 58.6 cm³/mol. The second-order valence-electron chi connectivity index (χ2n) is 4.11. The van der Waals surface area contributed by atoms with Crippen molar-refractivity contribution in [1.29, 1.82) is 5.26 Å². The molecule has 0 aromatic carbocycles. The van der Waals surface area contributed by atoms with Gasteiger partial charge in [-0.25, -0.2) is 8.42 Å². The first-order valence-electron chi connectivity index (χ1n) is 5.46. The smallest absolute Gasteiger partial charge is 0.212 e. The summed E-state index contributed by atoms with van der Waals surface area (Å²) in [6.45, 7) is 1.59. The van der Waals surface area contributed by atoms with Gasteiger partial charge >= 0.3 is 0 Å². The summed E-state index contributed by atoms with van der Waals surface area (Å²) in [6, 6.07) is 2.16. The molecule has 0 spiro atoms. The predicted octanol–water partition coefficient (Wildman–Crippen LogP) is 1.54. The summed E-state index contributed by atoms with van der Waals surface area (Å²) in [5.41, 5.74) is -0.842. The van der Waals surface area contributed by atoms with Gasteiger partial charge in [0.2, 0.25) is 10.0 Å². The second-order valence-corrected chi connectivity index (χ2v) is 6.12. The SMILES string of the molecule is CCS(=O)(=O)NC1(C#N)CCCCCC1. The largest absolute Gasteiger partial charge is 0.212 e. The Morgan fingerprint density at radius 1 is 1.27 bits per heavy atom. The Balaban J connectivity index is 2.80. The van der Waals surface area contributed by atoms with Crippen LogP contribution in [0.5, 0.6) is 0 Å². The Morgan fingerprint density at radius 3 is 2.20 bits per heavy atom. The molecule has 0 atom stereocenters. The molecule has 15 heavy (non-hydrogen) atoms. The zero-order chi connectivity index (χ0) is 11.4. The maximum absolute atomic E-state index is 11.5. The highest BCUT2D eigenvalue weighted by molar-refractivity contribution is 7.89. The molecule has 1 fully saturated rings. The number of hydrogen-bond acceptors (Lipinski definition) is 3. The number of sulfonamides is 1. The van der Waals surface area contributed by atoms with Gasteiger partial charge < -0.3 is 0 Å². The highest BCUT2D eigenvalue weighted by atomic mass is 32.2. The van der Waals surface area contributed by atoms with E-state index in [4.69, 9.17) is 5.26 Å². The van der Waals surface area contributed by atoms with Crippen molar-refractivity contribution in [2.75, 3.05) is 5.75 Å². The van der Waals surface area contributed by atoms with E-state index in [1.54, 1.807) is 6.92 Å². The minimum atomic E-state index is -3.28. The molecule has 0 bridgehead atoms. The maximum atomic E-state index is 11.5. The Bertz CT molecular complexity index is 335.